The molecule has 0 aromatic carbocycles. The van der Waals surface area contributed by atoms with Gasteiger partial charge >= 0.3 is 0 Å². The molecule has 1 aliphatic rings. The molecule has 0 saturated carbocycles. The summed E-state index contributed by atoms with van der Waals surface area (Å²) in [7, 11) is 0. The molecule has 1 aliphatic carbocycles. The second-order valence-corrected chi connectivity index (χ2v) is 1.97. The minimum atomic E-state index is 0.824. The van der Waals surface area contributed by atoms with E-state index in [1.807, 2.05) is 0 Å². The van der Waals surface area contributed by atoms with Gasteiger partial charge in [-0.25, -0.2) is 0 Å². The van der Waals surface area contributed by atoms with Crippen LogP contribution in [0, 0.1) is 12.3 Å². The van der Waals surface area contributed by atoms with E-state index in [4.69, 9.17) is 0 Å². The van der Waals surface area contributed by atoms with Crippen LogP contribution in [-0.4, -0.2) is 0 Å². The minimum Gasteiger partial charge on any atom is -0.0876 e. The van der Waals surface area contributed by atoms with Gasteiger partial charge in [-0.1, -0.05) is 25.5 Å². The van der Waals surface area contributed by atoms with E-state index in [9.17, 15) is 0 Å². The molecule has 1 radical (unpaired) electrons. The molecule has 7 heavy (non-hydrogen) atoms. The zero-order valence-electron chi connectivity index (χ0n) is 4.72. The molecular formula is C7H11. The fraction of sp³-hybridized carbons (Fsp3) is 0.571. The number of hydrogen-bond donors (Lipinski definition) is 0. The Kier molecular flexibility index (Phi) is 1.50. The van der Waals surface area contributed by atoms with Crippen LogP contribution < -0.4 is 0 Å². The van der Waals surface area contributed by atoms with E-state index in [1.165, 1.54) is 12.8 Å². The topological polar surface area (TPSA) is 0 Å². The van der Waals surface area contributed by atoms with E-state index >= 15 is 0 Å². The summed E-state index contributed by atoms with van der Waals surface area (Å²) in [6.07, 6.45) is 9.32. The third-order valence-corrected chi connectivity index (χ3v) is 1.33. The van der Waals surface area contributed by atoms with Gasteiger partial charge in [0, 0.05) is 0 Å². The fourth-order valence-electron chi connectivity index (χ4n) is 0.771. The van der Waals surface area contributed by atoms with E-state index in [2.05, 4.69) is 25.5 Å². The van der Waals surface area contributed by atoms with Crippen molar-refractivity contribution in [3.63, 3.8) is 0 Å². The molecule has 0 heteroatoms. The third kappa shape index (κ3) is 1.05. The van der Waals surface area contributed by atoms with Gasteiger partial charge in [-0.3, -0.25) is 0 Å². The molecule has 0 aromatic heterocycles. The van der Waals surface area contributed by atoms with Crippen LogP contribution in [0.3, 0.4) is 0 Å². The highest BCUT2D eigenvalue weighted by atomic mass is 14.1. The van der Waals surface area contributed by atoms with Crippen molar-refractivity contribution in [1.82, 2.24) is 0 Å². The van der Waals surface area contributed by atoms with Gasteiger partial charge in [-0.15, -0.1) is 0 Å². The zero-order valence-corrected chi connectivity index (χ0v) is 4.72. The normalized spacial score (nSPS) is 27.3. The Balaban J connectivity index is 2.06. The van der Waals surface area contributed by atoms with Gasteiger partial charge in [0.05, 0.1) is 0 Å². The van der Waals surface area contributed by atoms with Crippen molar-refractivity contribution < 1.29 is 0 Å². The molecule has 0 amide bonds. The first kappa shape index (κ1) is 4.89. The molecule has 0 saturated heterocycles. The van der Waals surface area contributed by atoms with E-state index in [0.29, 0.717) is 0 Å². The molecule has 1 atom stereocenters. The van der Waals surface area contributed by atoms with Gasteiger partial charge in [0.2, 0.25) is 0 Å². The van der Waals surface area contributed by atoms with Crippen LogP contribution in [0.25, 0.3) is 0 Å². The molecule has 0 spiro atoms. The molecule has 0 heterocycles. The van der Waals surface area contributed by atoms with E-state index in [1.54, 1.807) is 0 Å². The summed E-state index contributed by atoms with van der Waals surface area (Å²) >= 11 is 0. The lowest BCUT2D eigenvalue weighted by molar-refractivity contribution is 0.676. The minimum absolute atomic E-state index is 0.824. The first-order chi connectivity index (χ1) is 3.43. The van der Waals surface area contributed by atoms with Gasteiger partial charge in [0.15, 0.2) is 0 Å². The molecule has 0 N–H and O–H groups in total. The maximum Gasteiger partial charge on any atom is -0.0168 e. The summed E-state index contributed by atoms with van der Waals surface area (Å²) in [5, 5.41) is 0. The van der Waals surface area contributed by atoms with E-state index in [-0.39, 0.29) is 0 Å². The molecule has 1 unspecified atom stereocenters. The van der Waals surface area contributed by atoms with Gasteiger partial charge in [-0.05, 0) is 18.8 Å². The largest absolute Gasteiger partial charge is 0.0876 e. The second kappa shape index (κ2) is 2.15. The van der Waals surface area contributed by atoms with Crippen molar-refractivity contribution in [2.24, 2.45) is 5.92 Å². The number of rotatable bonds is 2. The molecule has 0 bridgehead atoms. The Morgan fingerprint density at radius 1 is 1.86 bits per heavy atom. The predicted octanol–water partition coefficient (Wildman–Crippen LogP) is 2.18. The fourth-order valence-corrected chi connectivity index (χ4v) is 0.771. The Morgan fingerprint density at radius 3 is 2.71 bits per heavy atom. The SMILES string of the molecule is CC[CH]C1C=CC1. The molecule has 1 rings (SSSR count). The van der Waals surface area contributed by atoms with Crippen LogP contribution >= 0.6 is 0 Å². The average Bonchev–Trinajstić information content (AvgIpc) is 1.55. The zero-order chi connectivity index (χ0) is 5.11. The van der Waals surface area contributed by atoms with Crippen molar-refractivity contribution in [3.8, 4) is 0 Å². The first-order valence-electron chi connectivity index (χ1n) is 2.93. The van der Waals surface area contributed by atoms with Crippen LogP contribution in [0.5, 0.6) is 0 Å². The summed E-state index contributed by atoms with van der Waals surface area (Å²) in [6, 6.07) is 0. The van der Waals surface area contributed by atoms with Gasteiger partial charge < -0.3 is 0 Å². The number of allylic oxidation sites excluding steroid dienone is 2. The van der Waals surface area contributed by atoms with Crippen LogP contribution in [0.1, 0.15) is 19.8 Å². The predicted molar refractivity (Wildman–Crippen MR) is 31.8 cm³/mol. The Bertz CT molecular complexity index is 72.1. The molecule has 0 aliphatic heterocycles. The van der Waals surface area contributed by atoms with Crippen molar-refractivity contribution in [2.75, 3.05) is 0 Å². The van der Waals surface area contributed by atoms with Crippen LogP contribution in [0.4, 0.5) is 0 Å². The highest BCUT2D eigenvalue weighted by Gasteiger charge is 2.06. The Labute approximate surface area is 45.2 Å². The van der Waals surface area contributed by atoms with E-state index < -0.39 is 0 Å². The van der Waals surface area contributed by atoms with Gasteiger partial charge in [0.25, 0.3) is 0 Å². The van der Waals surface area contributed by atoms with Crippen molar-refractivity contribution in [2.45, 2.75) is 19.8 Å². The molecule has 0 aromatic rings. The van der Waals surface area contributed by atoms with Crippen molar-refractivity contribution in [3.05, 3.63) is 18.6 Å². The highest BCUT2D eigenvalue weighted by molar-refractivity contribution is 5.07. The lowest BCUT2D eigenvalue weighted by Crippen LogP contribution is -2.01. The summed E-state index contributed by atoms with van der Waals surface area (Å²) in [5.41, 5.74) is 0. The maximum atomic E-state index is 2.35. The number of hydrogen-bond acceptors (Lipinski definition) is 0. The monoisotopic (exact) mass is 95.1 g/mol. The third-order valence-electron chi connectivity index (χ3n) is 1.33. The Morgan fingerprint density at radius 2 is 2.57 bits per heavy atom. The second-order valence-electron chi connectivity index (χ2n) is 1.97. The highest BCUT2D eigenvalue weighted by Crippen LogP contribution is 2.20. The molecule has 39 valence electrons. The first-order valence-corrected chi connectivity index (χ1v) is 2.93. The van der Waals surface area contributed by atoms with Crippen molar-refractivity contribution in [1.29, 1.82) is 0 Å². The van der Waals surface area contributed by atoms with Crippen LogP contribution in [-0.2, 0) is 0 Å². The van der Waals surface area contributed by atoms with Crippen LogP contribution in [0.2, 0.25) is 0 Å². The summed E-state index contributed by atoms with van der Waals surface area (Å²) < 4.78 is 0. The van der Waals surface area contributed by atoms with Crippen molar-refractivity contribution >= 4 is 0 Å². The molecule has 0 fully saturated rings. The lowest BCUT2D eigenvalue weighted by Gasteiger charge is -2.14. The summed E-state index contributed by atoms with van der Waals surface area (Å²) in [6.45, 7) is 2.19. The van der Waals surface area contributed by atoms with Gasteiger partial charge in [0.1, 0.15) is 0 Å². The quantitative estimate of drug-likeness (QED) is 0.461. The van der Waals surface area contributed by atoms with Gasteiger partial charge in [-0.2, -0.15) is 0 Å². The lowest BCUT2D eigenvalue weighted by atomic mass is 9.91. The Hall–Kier alpha value is -0.260. The molecule has 0 nitrogen and oxygen atoms in total. The summed E-state index contributed by atoms with van der Waals surface area (Å²) in [4.78, 5) is 0. The van der Waals surface area contributed by atoms with E-state index in [0.717, 1.165) is 5.92 Å². The standard InChI is InChI=1S/C7H11/c1-2-4-7-5-3-6-7/h3-5,7H,2,6H2,1H3. The van der Waals surface area contributed by atoms with Crippen LogP contribution in [0.15, 0.2) is 12.2 Å². The smallest absolute Gasteiger partial charge is 0.0168 e. The summed E-state index contributed by atoms with van der Waals surface area (Å²) in [5.74, 6) is 0.824. The maximum absolute atomic E-state index is 2.35. The molecular weight excluding hydrogens is 84.1 g/mol. The average molecular weight is 95.2 g/mol.